The van der Waals surface area contributed by atoms with Gasteiger partial charge in [-0.25, -0.2) is 9.18 Å². The summed E-state index contributed by atoms with van der Waals surface area (Å²) in [5.41, 5.74) is 2.04. The van der Waals surface area contributed by atoms with Crippen molar-refractivity contribution >= 4 is 11.7 Å². The van der Waals surface area contributed by atoms with Gasteiger partial charge in [-0.3, -0.25) is 5.10 Å². The molecule has 86 valence electrons. The number of rotatable bonds is 1. The lowest BCUT2D eigenvalue weighted by Crippen LogP contribution is -2.38. The Hall–Kier alpha value is -2.37. The molecule has 3 rings (SSSR count). The van der Waals surface area contributed by atoms with Gasteiger partial charge in [0.15, 0.2) is 0 Å². The van der Waals surface area contributed by atoms with Crippen molar-refractivity contribution in [2.45, 2.75) is 6.04 Å². The maximum absolute atomic E-state index is 13.1. The van der Waals surface area contributed by atoms with Gasteiger partial charge in [0.1, 0.15) is 5.82 Å². The Kier molecular flexibility index (Phi) is 2.07. The number of hydrogen-bond donors (Lipinski definition) is 3. The van der Waals surface area contributed by atoms with Crippen LogP contribution in [0.2, 0.25) is 0 Å². The van der Waals surface area contributed by atoms with Gasteiger partial charge in [0.05, 0.1) is 17.4 Å². The van der Waals surface area contributed by atoms with E-state index < -0.39 is 0 Å². The first-order valence-electron chi connectivity index (χ1n) is 5.10. The lowest BCUT2D eigenvalue weighted by atomic mass is 10.00. The number of hydrogen-bond acceptors (Lipinski definition) is 2. The normalized spacial score (nSPS) is 18.2. The molecule has 0 aliphatic carbocycles. The minimum Gasteiger partial charge on any atom is -0.325 e. The van der Waals surface area contributed by atoms with Crippen molar-refractivity contribution < 1.29 is 9.18 Å². The number of carbonyl (C=O) groups is 1. The molecule has 3 N–H and O–H groups in total. The van der Waals surface area contributed by atoms with Crippen molar-refractivity contribution in [1.29, 1.82) is 0 Å². The number of aromatic amines is 1. The van der Waals surface area contributed by atoms with E-state index in [2.05, 4.69) is 20.8 Å². The molecule has 1 aromatic carbocycles. The van der Waals surface area contributed by atoms with E-state index in [0.717, 1.165) is 11.3 Å². The number of carbonyl (C=O) groups excluding carboxylic acids is 1. The first-order valence-corrected chi connectivity index (χ1v) is 5.10. The molecule has 6 heteroatoms. The maximum atomic E-state index is 13.1. The summed E-state index contributed by atoms with van der Waals surface area (Å²) in [4.78, 5) is 11.5. The van der Waals surface area contributed by atoms with Crippen LogP contribution in [-0.2, 0) is 0 Å². The molecule has 1 unspecified atom stereocenters. The van der Waals surface area contributed by atoms with Gasteiger partial charge < -0.3 is 10.6 Å². The summed E-state index contributed by atoms with van der Waals surface area (Å²) in [5, 5.41) is 12.0. The number of halogens is 1. The molecular formula is C11H9FN4O. The zero-order valence-electron chi connectivity index (χ0n) is 8.70. The number of nitrogens with zero attached hydrogens (tertiary/aromatic N) is 1. The first-order chi connectivity index (χ1) is 8.24. The Morgan fingerprint density at radius 3 is 2.94 bits per heavy atom. The predicted molar refractivity (Wildman–Crippen MR) is 59.0 cm³/mol. The number of H-pyrrole nitrogens is 1. The molecule has 2 aromatic rings. The van der Waals surface area contributed by atoms with Crippen LogP contribution >= 0.6 is 0 Å². The summed E-state index contributed by atoms with van der Waals surface area (Å²) in [7, 11) is 0. The highest BCUT2D eigenvalue weighted by Crippen LogP contribution is 2.30. The minimum atomic E-state index is -0.380. The van der Waals surface area contributed by atoms with Gasteiger partial charge in [-0.05, 0) is 18.2 Å². The molecule has 0 saturated heterocycles. The largest absolute Gasteiger partial charge is 0.325 e. The zero-order valence-corrected chi connectivity index (χ0v) is 8.70. The lowest BCUT2D eigenvalue weighted by molar-refractivity contribution is 0.248. The highest BCUT2D eigenvalue weighted by atomic mass is 19.1. The predicted octanol–water partition coefficient (Wildman–Crippen LogP) is 1.77. The van der Waals surface area contributed by atoms with Crippen molar-refractivity contribution in [3.05, 3.63) is 47.5 Å². The SMILES string of the molecule is O=C1Nc2cc(F)ccc2C(c2ccn[nH]2)N1. The van der Waals surface area contributed by atoms with Crippen LogP contribution in [0.15, 0.2) is 30.5 Å². The van der Waals surface area contributed by atoms with Crippen LogP contribution in [0.4, 0.5) is 14.9 Å². The van der Waals surface area contributed by atoms with E-state index in [4.69, 9.17) is 0 Å². The van der Waals surface area contributed by atoms with E-state index in [9.17, 15) is 9.18 Å². The van der Waals surface area contributed by atoms with E-state index in [1.165, 1.54) is 12.1 Å². The standard InChI is InChI=1S/C11H9FN4O/c12-6-1-2-7-9(5-6)14-11(17)15-10(7)8-3-4-13-16-8/h1-5,10H,(H,13,16)(H2,14,15,17). The van der Waals surface area contributed by atoms with E-state index in [0.29, 0.717) is 5.69 Å². The number of benzene rings is 1. The van der Waals surface area contributed by atoms with E-state index in [1.54, 1.807) is 18.3 Å². The van der Waals surface area contributed by atoms with Crippen LogP contribution in [0.3, 0.4) is 0 Å². The van der Waals surface area contributed by atoms with Crippen molar-refractivity contribution in [3.63, 3.8) is 0 Å². The Morgan fingerprint density at radius 1 is 1.29 bits per heavy atom. The first kappa shape index (κ1) is 9.83. The number of nitrogens with one attached hydrogen (secondary N) is 3. The van der Waals surface area contributed by atoms with Crippen LogP contribution in [0, 0.1) is 5.82 Å². The third-order valence-corrected chi connectivity index (χ3v) is 2.68. The van der Waals surface area contributed by atoms with E-state index in [-0.39, 0.29) is 17.9 Å². The fraction of sp³-hybridized carbons (Fsp3) is 0.0909. The summed E-state index contributed by atoms with van der Waals surface area (Å²) in [6.45, 7) is 0. The van der Waals surface area contributed by atoms with Crippen LogP contribution in [0.5, 0.6) is 0 Å². The molecule has 1 aliphatic heterocycles. The molecule has 0 fully saturated rings. The van der Waals surface area contributed by atoms with Gasteiger partial charge in [0.25, 0.3) is 0 Å². The second-order valence-electron chi connectivity index (χ2n) is 3.78. The number of amides is 2. The molecule has 17 heavy (non-hydrogen) atoms. The average Bonchev–Trinajstić information content (AvgIpc) is 2.80. The average molecular weight is 232 g/mol. The maximum Gasteiger partial charge on any atom is 0.320 e. The van der Waals surface area contributed by atoms with Crippen molar-refractivity contribution in [2.24, 2.45) is 0 Å². The molecule has 1 aliphatic rings. The van der Waals surface area contributed by atoms with Gasteiger partial charge in [-0.2, -0.15) is 5.10 Å². The van der Waals surface area contributed by atoms with E-state index in [1.807, 2.05) is 0 Å². The van der Waals surface area contributed by atoms with Crippen molar-refractivity contribution in [3.8, 4) is 0 Å². The van der Waals surface area contributed by atoms with Crippen molar-refractivity contribution in [1.82, 2.24) is 15.5 Å². The molecular weight excluding hydrogens is 223 g/mol. The molecule has 5 nitrogen and oxygen atoms in total. The monoisotopic (exact) mass is 232 g/mol. The van der Waals surface area contributed by atoms with Gasteiger partial charge in [0, 0.05) is 11.8 Å². The smallest absolute Gasteiger partial charge is 0.320 e. The molecule has 2 amide bonds. The lowest BCUT2D eigenvalue weighted by Gasteiger charge is -2.26. The summed E-state index contributed by atoms with van der Waals surface area (Å²) in [6.07, 6.45) is 1.60. The third-order valence-electron chi connectivity index (χ3n) is 2.68. The quantitative estimate of drug-likeness (QED) is 0.701. The number of fused-ring (bicyclic) bond motifs is 1. The van der Waals surface area contributed by atoms with Crippen LogP contribution < -0.4 is 10.6 Å². The molecule has 0 spiro atoms. The molecule has 0 radical (unpaired) electrons. The highest BCUT2D eigenvalue weighted by molar-refractivity contribution is 5.93. The second-order valence-corrected chi connectivity index (χ2v) is 3.78. The molecule has 2 heterocycles. The van der Waals surface area contributed by atoms with Gasteiger partial charge in [0.2, 0.25) is 0 Å². The summed E-state index contributed by atoms with van der Waals surface area (Å²) in [5.74, 6) is -0.380. The van der Waals surface area contributed by atoms with Gasteiger partial charge >= 0.3 is 6.03 Å². The van der Waals surface area contributed by atoms with E-state index >= 15 is 0 Å². The van der Waals surface area contributed by atoms with Gasteiger partial charge in [-0.15, -0.1) is 0 Å². The second kappa shape index (κ2) is 3.58. The summed E-state index contributed by atoms with van der Waals surface area (Å²) in [6, 6.07) is 5.38. The summed E-state index contributed by atoms with van der Waals surface area (Å²) >= 11 is 0. The Balaban J connectivity index is 2.11. The molecule has 0 bridgehead atoms. The fourth-order valence-corrected chi connectivity index (χ4v) is 1.93. The highest BCUT2D eigenvalue weighted by Gasteiger charge is 2.26. The minimum absolute atomic E-state index is 0.332. The Morgan fingerprint density at radius 2 is 2.18 bits per heavy atom. The van der Waals surface area contributed by atoms with Crippen LogP contribution in [0.25, 0.3) is 0 Å². The number of anilines is 1. The third kappa shape index (κ3) is 1.63. The van der Waals surface area contributed by atoms with Gasteiger partial charge in [-0.1, -0.05) is 6.07 Å². The number of aromatic nitrogens is 2. The van der Waals surface area contributed by atoms with Crippen LogP contribution in [-0.4, -0.2) is 16.2 Å². The number of urea groups is 1. The molecule has 1 aromatic heterocycles. The van der Waals surface area contributed by atoms with Crippen molar-refractivity contribution in [2.75, 3.05) is 5.32 Å². The summed E-state index contributed by atoms with van der Waals surface area (Å²) < 4.78 is 13.1. The Bertz CT molecular complexity index is 567. The van der Waals surface area contributed by atoms with Crippen LogP contribution in [0.1, 0.15) is 17.3 Å². The fourth-order valence-electron chi connectivity index (χ4n) is 1.93. The topological polar surface area (TPSA) is 69.8 Å². The molecule has 1 atom stereocenters. The Labute approximate surface area is 96.0 Å². The zero-order chi connectivity index (χ0) is 11.8. The molecule has 0 saturated carbocycles.